The lowest BCUT2D eigenvalue weighted by Crippen LogP contribution is -2.07. The normalized spacial score (nSPS) is 12.5. The second-order valence-electron chi connectivity index (χ2n) is 2.60. The van der Waals surface area contributed by atoms with Crippen LogP contribution in [-0.2, 0) is 9.53 Å². The van der Waals surface area contributed by atoms with Crippen LogP contribution in [0.3, 0.4) is 0 Å². The molecule has 1 unspecified atom stereocenters. The molecule has 4 nitrogen and oxygen atoms in total. The molecule has 1 atom stereocenters. The summed E-state index contributed by atoms with van der Waals surface area (Å²) in [6, 6.07) is 0. The summed E-state index contributed by atoms with van der Waals surface area (Å²) in [5, 5.41) is 9.56. The van der Waals surface area contributed by atoms with Gasteiger partial charge >= 0.3 is 5.97 Å². The Labute approximate surface area is 80.2 Å². The van der Waals surface area contributed by atoms with Gasteiger partial charge in [0.15, 0.2) is 0 Å². The van der Waals surface area contributed by atoms with Crippen molar-refractivity contribution in [2.24, 2.45) is 0 Å². The maximum atomic E-state index is 10.8. The third-order valence-electron chi connectivity index (χ3n) is 1.67. The number of aryl methyl sites for hydroxylation is 1. The van der Waals surface area contributed by atoms with Gasteiger partial charge in [-0.05, 0) is 6.92 Å². The highest BCUT2D eigenvalue weighted by Gasteiger charge is 2.16. The predicted molar refractivity (Wildman–Crippen MR) is 48.4 cm³/mol. The van der Waals surface area contributed by atoms with Gasteiger partial charge in [-0.15, -0.1) is 11.3 Å². The highest BCUT2D eigenvalue weighted by atomic mass is 32.1. The lowest BCUT2D eigenvalue weighted by Gasteiger charge is -2.06. The summed E-state index contributed by atoms with van der Waals surface area (Å²) in [7, 11) is 1.30. The number of aliphatic hydroxyl groups excluding tert-OH is 1. The van der Waals surface area contributed by atoms with E-state index in [-0.39, 0.29) is 6.42 Å². The van der Waals surface area contributed by atoms with E-state index < -0.39 is 12.1 Å². The summed E-state index contributed by atoms with van der Waals surface area (Å²) in [4.78, 5) is 15.5. The van der Waals surface area contributed by atoms with E-state index in [9.17, 15) is 9.90 Å². The zero-order chi connectivity index (χ0) is 9.84. The van der Waals surface area contributed by atoms with Crippen molar-refractivity contribution in [2.45, 2.75) is 19.4 Å². The van der Waals surface area contributed by atoms with E-state index in [1.807, 2.05) is 0 Å². The molecule has 72 valence electrons. The zero-order valence-electron chi connectivity index (χ0n) is 7.48. The molecule has 0 aliphatic heterocycles. The summed E-state index contributed by atoms with van der Waals surface area (Å²) < 4.78 is 4.44. The van der Waals surface area contributed by atoms with Crippen LogP contribution in [-0.4, -0.2) is 23.2 Å². The third kappa shape index (κ3) is 2.50. The van der Waals surface area contributed by atoms with E-state index in [2.05, 4.69) is 9.72 Å². The minimum Gasteiger partial charge on any atom is -0.469 e. The molecule has 0 bridgehead atoms. The first-order chi connectivity index (χ1) is 6.15. The van der Waals surface area contributed by atoms with Gasteiger partial charge < -0.3 is 9.84 Å². The minimum absolute atomic E-state index is 0.0144. The van der Waals surface area contributed by atoms with E-state index in [1.54, 1.807) is 12.4 Å². The number of hydrogen-bond acceptors (Lipinski definition) is 5. The lowest BCUT2D eigenvalue weighted by atomic mass is 10.2. The number of carbonyl (C=O) groups excluding carboxylic acids is 1. The Balaban J connectivity index is 2.63. The first-order valence-corrected chi connectivity index (χ1v) is 4.68. The SMILES string of the molecule is COC(=O)CC(O)c1scnc1C. The minimum atomic E-state index is -0.792. The maximum absolute atomic E-state index is 10.8. The van der Waals surface area contributed by atoms with Gasteiger partial charge in [0.05, 0.1) is 29.6 Å². The molecular formula is C8H11NO3S. The number of esters is 1. The Morgan fingerprint density at radius 1 is 1.85 bits per heavy atom. The molecule has 1 aromatic rings. The van der Waals surface area contributed by atoms with Crippen LogP contribution in [0.15, 0.2) is 5.51 Å². The van der Waals surface area contributed by atoms with Crippen molar-refractivity contribution in [3.05, 3.63) is 16.1 Å². The van der Waals surface area contributed by atoms with Gasteiger partial charge in [0.2, 0.25) is 0 Å². The van der Waals surface area contributed by atoms with Gasteiger partial charge in [-0.25, -0.2) is 4.98 Å². The van der Waals surface area contributed by atoms with E-state index in [0.717, 1.165) is 10.6 Å². The van der Waals surface area contributed by atoms with Crippen LogP contribution in [0.2, 0.25) is 0 Å². The number of methoxy groups -OCH3 is 1. The molecule has 1 N–H and O–H groups in total. The first kappa shape index (κ1) is 10.1. The number of rotatable bonds is 3. The van der Waals surface area contributed by atoms with Crippen LogP contribution >= 0.6 is 11.3 Å². The van der Waals surface area contributed by atoms with Crippen molar-refractivity contribution >= 4 is 17.3 Å². The number of aliphatic hydroxyl groups is 1. The van der Waals surface area contributed by atoms with Crippen LogP contribution in [0.1, 0.15) is 23.1 Å². The van der Waals surface area contributed by atoms with E-state index in [1.165, 1.54) is 18.4 Å². The fourth-order valence-electron chi connectivity index (χ4n) is 0.965. The lowest BCUT2D eigenvalue weighted by molar-refractivity contribution is -0.142. The van der Waals surface area contributed by atoms with Crippen molar-refractivity contribution in [2.75, 3.05) is 7.11 Å². The van der Waals surface area contributed by atoms with Crippen molar-refractivity contribution in [3.63, 3.8) is 0 Å². The fourth-order valence-corrected chi connectivity index (χ4v) is 1.75. The predicted octanol–water partition coefficient (Wildman–Crippen LogP) is 1.05. The Morgan fingerprint density at radius 3 is 3.00 bits per heavy atom. The summed E-state index contributed by atoms with van der Waals surface area (Å²) in [6.45, 7) is 1.80. The number of hydrogen-bond donors (Lipinski definition) is 1. The van der Waals surface area contributed by atoms with Gasteiger partial charge in [0, 0.05) is 0 Å². The van der Waals surface area contributed by atoms with E-state index >= 15 is 0 Å². The Bertz CT molecular complexity index is 297. The quantitative estimate of drug-likeness (QED) is 0.742. The molecule has 0 aliphatic carbocycles. The molecule has 0 amide bonds. The summed E-state index contributed by atoms with van der Waals surface area (Å²) in [5.41, 5.74) is 2.41. The number of aromatic nitrogens is 1. The molecule has 5 heteroatoms. The Kier molecular flexibility index (Phi) is 3.39. The second kappa shape index (κ2) is 4.34. The van der Waals surface area contributed by atoms with Gasteiger partial charge in [0.1, 0.15) is 6.10 Å². The molecule has 1 heterocycles. The highest BCUT2D eigenvalue weighted by molar-refractivity contribution is 7.09. The van der Waals surface area contributed by atoms with Crippen molar-refractivity contribution in [1.82, 2.24) is 4.98 Å². The van der Waals surface area contributed by atoms with Crippen LogP contribution in [0.5, 0.6) is 0 Å². The average Bonchev–Trinajstić information content (AvgIpc) is 2.51. The molecule has 0 radical (unpaired) electrons. The molecule has 0 spiro atoms. The molecule has 1 aromatic heterocycles. The smallest absolute Gasteiger partial charge is 0.308 e. The number of ether oxygens (including phenoxy) is 1. The number of thiazole rings is 1. The molecule has 1 rings (SSSR count). The second-order valence-corrected chi connectivity index (χ2v) is 3.48. The maximum Gasteiger partial charge on any atom is 0.308 e. The molecule has 0 saturated heterocycles. The Morgan fingerprint density at radius 2 is 2.54 bits per heavy atom. The van der Waals surface area contributed by atoms with Crippen LogP contribution in [0, 0.1) is 6.92 Å². The van der Waals surface area contributed by atoms with E-state index in [4.69, 9.17) is 0 Å². The molecule has 0 aromatic carbocycles. The largest absolute Gasteiger partial charge is 0.469 e. The third-order valence-corrected chi connectivity index (χ3v) is 2.71. The van der Waals surface area contributed by atoms with Gasteiger partial charge in [-0.1, -0.05) is 0 Å². The Hall–Kier alpha value is -0.940. The topological polar surface area (TPSA) is 59.4 Å². The number of carbonyl (C=O) groups is 1. The number of nitrogens with zero attached hydrogens (tertiary/aromatic N) is 1. The molecule has 0 saturated carbocycles. The van der Waals surface area contributed by atoms with Crippen LogP contribution in [0.25, 0.3) is 0 Å². The van der Waals surface area contributed by atoms with Gasteiger partial charge in [-0.2, -0.15) is 0 Å². The summed E-state index contributed by atoms with van der Waals surface area (Å²) >= 11 is 1.34. The average molecular weight is 201 g/mol. The molecular weight excluding hydrogens is 190 g/mol. The zero-order valence-corrected chi connectivity index (χ0v) is 8.30. The fraction of sp³-hybridized carbons (Fsp3) is 0.500. The van der Waals surface area contributed by atoms with E-state index in [0.29, 0.717) is 0 Å². The van der Waals surface area contributed by atoms with Crippen LogP contribution < -0.4 is 0 Å². The standard InChI is InChI=1S/C8H11NO3S/c1-5-8(13-4-9-5)6(10)3-7(11)12-2/h4,6,10H,3H2,1-2H3. The van der Waals surface area contributed by atoms with Gasteiger partial charge in [-0.3, -0.25) is 4.79 Å². The van der Waals surface area contributed by atoms with Gasteiger partial charge in [0.25, 0.3) is 0 Å². The summed E-state index contributed by atoms with van der Waals surface area (Å²) in [6.07, 6.45) is -0.806. The van der Waals surface area contributed by atoms with Crippen molar-refractivity contribution in [3.8, 4) is 0 Å². The van der Waals surface area contributed by atoms with Crippen LogP contribution in [0.4, 0.5) is 0 Å². The molecule has 0 aliphatic rings. The highest BCUT2D eigenvalue weighted by Crippen LogP contribution is 2.24. The summed E-state index contributed by atoms with van der Waals surface area (Å²) in [5.74, 6) is -0.416. The molecule has 13 heavy (non-hydrogen) atoms. The molecule has 0 fully saturated rings. The van der Waals surface area contributed by atoms with Crippen molar-refractivity contribution in [1.29, 1.82) is 0 Å². The first-order valence-electron chi connectivity index (χ1n) is 3.80. The van der Waals surface area contributed by atoms with Crippen molar-refractivity contribution < 1.29 is 14.6 Å². The monoisotopic (exact) mass is 201 g/mol.